The molecule has 6 aliphatic heterocycles. The molecule has 35 heteroatoms. The fourth-order valence-electron chi connectivity index (χ4n) is 18.6. The Bertz CT molecular complexity index is 7210. The van der Waals surface area contributed by atoms with Gasteiger partial charge in [-0.3, -0.25) is 90.9 Å². The van der Waals surface area contributed by atoms with Gasteiger partial charge in [-0.25, -0.2) is 15.0 Å². The molecule has 0 saturated carbocycles. The number of ether oxygens (including phenoxy) is 5. The number of carbonyl (C=O) groups is 8. The summed E-state index contributed by atoms with van der Waals surface area (Å²) in [5, 5.41) is 12.1. The molecule has 0 spiro atoms. The Balaban J connectivity index is 0.000000154. The Morgan fingerprint density at radius 2 is 0.635 bits per heavy atom. The van der Waals surface area contributed by atoms with Crippen LogP contribution in [0, 0.1) is 0 Å². The quantitative estimate of drug-likeness (QED) is 0.0200. The van der Waals surface area contributed by atoms with Gasteiger partial charge in [-0.1, -0.05) is 156 Å². The van der Waals surface area contributed by atoms with Gasteiger partial charge in [0.1, 0.15) is 46.2 Å². The standard InChI is InChI=1S/C40H38ClN5O6.C32H33N5O4.C28H24BrN3O4.C8H6Cl2O2.C4H10N2.CH4/c1-2-51-35-16-8-7-14-33(35)46-37(42-32-13-6-5-12-31(32)40(46)50)34(15-9-21-45-38(48)29-10-3-4-11-30(29)39(45)49)43-22-24-44(25-23-43)36(47)26-52-28-19-17-27(41)18-20-28;1-2-41-28-16-8-7-14-26(28)37-29(34-25-13-6-5-12-24(25)32(37)40)27(35-20-17-33-18-21-35)15-9-19-36-30(38)22-10-3-4-11-23(22)31(36)39;1-2-36-24-16-8-7-15-23(24)32-25(30-22-14-6-5-12-20(22)28(32)35)21(29)13-9-17-31-26(33)18-10-3-4-11-19(18)27(31)34;9-6-1-3-7(4-2-6)12-5-8(10)11;1-2-6-4-3-5-1;/h3-8,10-14,16-20,34H,2,9,15,21-26H2,1H3;3-8,10-14,16,27,33H,2,9,15,17-21H2,1H3;3-8,10-12,14-16,21H,2,9,13,17H2,1H3;1-4H,5H2;5-6H,1-4H2;1H4. The van der Waals surface area contributed by atoms with Crippen LogP contribution >= 0.6 is 50.7 Å². The van der Waals surface area contributed by atoms with Crippen LogP contribution in [0.3, 0.4) is 0 Å². The fourth-order valence-corrected chi connectivity index (χ4v) is 19.5. The predicted molar refractivity (Wildman–Crippen MR) is 576 cm³/mol. The van der Waals surface area contributed by atoms with Crippen LogP contribution in [0.15, 0.2) is 281 Å². The summed E-state index contributed by atoms with van der Waals surface area (Å²) in [6, 6.07) is 77.8. The summed E-state index contributed by atoms with van der Waals surface area (Å²) in [6.07, 6.45) is 3.19. The molecule has 3 unspecified atom stereocenters. The zero-order chi connectivity index (χ0) is 103. The number of benzene rings is 11. The molecular formula is C113H115BrCl3N15O16. The first-order valence-corrected chi connectivity index (χ1v) is 51.2. The number of halogens is 4. The number of alkyl halides is 1. The highest BCUT2D eigenvalue weighted by atomic mass is 79.9. The number of piperazine rings is 3. The molecule has 6 aliphatic rings. The average molecular weight is 2130 g/mol. The number of amides is 7. The summed E-state index contributed by atoms with van der Waals surface area (Å²) < 4.78 is 33.4. The number of hydrogen-bond donors (Lipinski definition) is 3. The van der Waals surface area contributed by atoms with Crippen LogP contribution in [0.25, 0.3) is 49.8 Å². The lowest BCUT2D eigenvalue weighted by Gasteiger charge is -2.39. The lowest BCUT2D eigenvalue weighted by Crippen LogP contribution is -2.51. The van der Waals surface area contributed by atoms with Gasteiger partial charge in [0, 0.05) is 108 Å². The molecule has 3 aromatic heterocycles. The molecular weight excluding hydrogens is 2010 g/mol. The maximum absolute atomic E-state index is 14.4. The van der Waals surface area contributed by atoms with Crippen molar-refractivity contribution in [3.05, 3.63) is 359 Å². The van der Waals surface area contributed by atoms with Crippen LogP contribution < -0.4 is 56.3 Å². The van der Waals surface area contributed by atoms with Gasteiger partial charge in [0.2, 0.25) is 0 Å². The molecule has 20 rings (SSSR count). The van der Waals surface area contributed by atoms with Crippen molar-refractivity contribution in [3.8, 4) is 45.8 Å². The fraction of sp³-hybridized carbons (Fsp3) is 0.292. The highest BCUT2D eigenvalue weighted by molar-refractivity contribution is 9.09. The monoisotopic (exact) mass is 2120 g/mol. The summed E-state index contributed by atoms with van der Waals surface area (Å²) in [5.74, 6) is 2.76. The Hall–Kier alpha value is -14.5. The van der Waals surface area contributed by atoms with Crippen molar-refractivity contribution in [2.24, 2.45) is 0 Å². The third-order valence-electron chi connectivity index (χ3n) is 25.7. The van der Waals surface area contributed by atoms with Crippen molar-refractivity contribution in [2.45, 2.75) is 83.6 Å². The van der Waals surface area contributed by atoms with E-state index in [1.54, 1.807) is 158 Å². The maximum Gasteiger partial charge on any atom is 0.266 e. The minimum Gasteiger partial charge on any atom is -0.492 e. The smallest absolute Gasteiger partial charge is 0.266 e. The molecule has 0 radical (unpaired) electrons. The molecule has 3 saturated heterocycles. The Kier molecular flexibility index (Phi) is 37.7. The average Bonchev–Trinajstić information content (AvgIpc) is 1.40. The van der Waals surface area contributed by atoms with Gasteiger partial charge in [0.05, 0.1) is 120 Å². The van der Waals surface area contributed by atoms with E-state index in [0.29, 0.717) is 230 Å². The third-order valence-corrected chi connectivity index (χ3v) is 27.2. The second-order valence-electron chi connectivity index (χ2n) is 35.0. The van der Waals surface area contributed by atoms with E-state index in [4.69, 9.17) is 73.4 Å². The summed E-state index contributed by atoms with van der Waals surface area (Å²) >= 11 is 20.4. The van der Waals surface area contributed by atoms with E-state index < -0.39 is 11.3 Å². The Morgan fingerprint density at radius 3 is 0.973 bits per heavy atom. The van der Waals surface area contributed by atoms with Crippen molar-refractivity contribution in [1.82, 2.24) is 74.0 Å². The molecule has 14 aromatic rings. The number of para-hydroxylation sites is 9. The molecule has 3 fully saturated rings. The van der Waals surface area contributed by atoms with Crippen molar-refractivity contribution >= 4 is 130 Å². The summed E-state index contributed by atoms with van der Waals surface area (Å²) in [6.45, 7) is 17.2. The minimum atomic E-state index is -0.523. The van der Waals surface area contributed by atoms with E-state index in [9.17, 15) is 52.7 Å². The van der Waals surface area contributed by atoms with E-state index >= 15 is 0 Å². The van der Waals surface area contributed by atoms with Crippen LogP contribution in [0.1, 0.15) is 163 Å². The number of imide groups is 3. The van der Waals surface area contributed by atoms with Gasteiger partial charge in [-0.15, -0.1) is 0 Å². The zero-order valence-electron chi connectivity index (χ0n) is 81.4. The molecule has 7 amide bonds. The van der Waals surface area contributed by atoms with E-state index in [2.05, 4.69) is 41.7 Å². The molecule has 11 aromatic carbocycles. The van der Waals surface area contributed by atoms with Crippen molar-refractivity contribution < 1.29 is 62.0 Å². The van der Waals surface area contributed by atoms with Crippen molar-refractivity contribution in [1.29, 1.82) is 0 Å². The normalized spacial score (nSPS) is 14.9. The van der Waals surface area contributed by atoms with Gasteiger partial charge in [-0.2, -0.15) is 0 Å². The summed E-state index contributed by atoms with van der Waals surface area (Å²) in [4.78, 5) is 169. The minimum absolute atomic E-state index is 0. The molecule has 3 atom stereocenters. The Labute approximate surface area is 879 Å². The lowest BCUT2D eigenvalue weighted by atomic mass is 10.1. The highest BCUT2D eigenvalue weighted by Crippen LogP contribution is 2.38. The molecule has 9 heterocycles. The van der Waals surface area contributed by atoms with Gasteiger partial charge in [0.15, 0.2) is 13.2 Å². The van der Waals surface area contributed by atoms with Crippen LogP contribution in [-0.4, -0.2) is 236 Å². The van der Waals surface area contributed by atoms with E-state index in [0.717, 1.165) is 52.4 Å². The second kappa shape index (κ2) is 51.7. The van der Waals surface area contributed by atoms with Crippen LogP contribution in [0.5, 0.6) is 28.7 Å². The van der Waals surface area contributed by atoms with E-state index in [-0.39, 0.29) is 103 Å². The number of fused-ring (bicyclic) bond motifs is 6. The van der Waals surface area contributed by atoms with Crippen LogP contribution in [0.4, 0.5) is 0 Å². The third kappa shape index (κ3) is 25.3. The Morgan fingerprint density at radius 1 is 0.345 bits per heavy atom. The van der Waals surface area contributed by atoms with Crippen LogP contribution in [-0.2, 0) is 9.59 Å². The number of aromatic nitrogens is 6. The predicted octanol–water partition coefficient (Wildman–Crippen LogP) is 17.2. The summed E-state index contributed by atoms with van der Waals surface area (Å²) in [5.41, 5.74) is 5.66. The summed E-state index contributed by atoms with van der Waals surface area (Å²) in [7, 11) is 0. The first kappa shape index (κ1) is 108. The molecule has 0 bridgehead atoms. The number of nitrogens with zero attached hydrogens (tertiary/aromatic N) is 12. The largest absolute Gasteiger partial charge is 0.492 e. The topological polar surface area (TPSA) is 343 Å². The SMILES string of the molecule is C.C1CNCCN1.CCOc1ccccc1-n1c(C(Br)CCCN2C(=O)c3ccccc3C2=O)nc2ccccc2c1=O.CCOc1ccccc1-n1c(C(CCCN2C(=O)c3ccccc3C2=O)N2CCN(C(=O)COc3ccc(Cl)cc3)CC2)nc2ccccc2c1=O.CCOc1ccccc1-n1c(C(CCCN2C(=O)c3ccccc3C2=O)N2CCNCC2)nc2ccccc2c1=O.O=C(Cl)COc1ccc(Cl)cc1. The first-order chi connectivity index (χ1) is 71.6. The van der Waals surface area contributed by atoms with Crippen molar-refractivity contribution in [2.75, 3.05) is 131 Å². The second-order valence-corrected chi connectivity index (χ2v) is 37.4. The van der Waals surface area contributed by atoms with Crippen molar-refractivity contribution in [3.63, 3.8) is 0 Å². The number of nitrogens with one attached hydrogen (secondary N) is 3. The molecule has 3 N–H and O–H groups in total. The van der Waals surface area contributed by atoms with Gasteiger partial charge >= 0.3 is 0 Å². The van der Waals surface area contributed by atoms with Gasteiger partial charge in [0.25, 0.3) is 63.3 Å². The number of rotatable bonds is 32. The maximum atomic E-state index is 14.4. The zero-order valence-corrected chi connectivity index (χ0v) is 85.3. The number of hydrogen-bond acceptors (Lipinski definition) is 24. The van der Waals surface area contributed by atoms with Gasteiger partial charge in [-0.05, 0) is 229 Å². The lowest BCUT2D eigenvalue weighted by molar-refractivity contribution is -0.135. The first-order valence-electron chi connectivity index (χ1n) is 49.2. The number of carbonyl (C=O) groups excluding carboxylic acids is 8. The molecule has 31 nitrogen and oxygen atoms in total. The highest BCUT2D eigenvalue weighted by Gasteiger charge is 2.41. The van der Waals surface area contributed by atoms with Crippen LogP contribution in [0.2, 0.25) is 10.0 Å². The molecule has 766 valence electrons. The van der Waals surface area contributed by atoms with E-state index in [1.165, 1.54) is 14.7 Å². The van der Waals surface area contributed by atoms with Gasteiger partial charge < -0.3 is 44.5 Å². The van der Waals surface area contributed by atoms with E-state index in [1.807, 2.05) is 148 Å². The molecule has 148 heavy (non-hydrogen) atoms. The molecule has 0 aliphatic carbocycles.